The minimum absolute atomic E-state index is 0.0784. The molecule has 0 radical (unpaired) electrons. The van der Waals surface area contributed by atoms with Crippen LogP contribution in [0.15, 0.2) is 39.9 Å². The number of fused-ring (bicyclic) bond motifs is 1. The van der Waals surface area contributed by atoms with Gasteiger partial charge in [0.15, 0.2) is 6.23 Å². The number of carboxylic acid groups (broad SMARTS) is 1. The van der Waals surface area contributed by atoms with Crippen LogP contribution in [-0.2, 0) is 4.74 Å². The average molecular weight is 515 g/mol. The van der Waals surface area contributed by atoms with Crippen LogP contribution in [0.25, 0.3) is 11.0 Å². The van der Waals surface area contributed by atoms with Crippen molar-refractivity contribution in [3.63, 3.8) is 0 Å². The first kappa shape index (κ1) is 21.6. The van der Waals surface area contributed by atoms with Crippen LogP contribution in [0, 0.1) is 0 Å². The predicted molar refractivity (Wildman–Crippen MR) is 126 cm³/mol. The highest BCUT2D eigenvalue weighted by atomic mass is 79.9. The molecule has 0 aromatic carbocycles. The van der Waals surface area contributed by atoms with Crippen LogP contribution in [-0.4, -0.2) is 43.6 Å². The molecular weight excluding hydrogens is 492 g/mol. The number of halogens is 1. The van der Waals surface area contributed by atoms with Gasteiger partial charge in [-0.15, -0.1) is 0 Å². The summed E-state index contributed by atoms with van der Waals surface area (Å²) in [5.41, 5.74) is 1.31. The van der Waals surface area contributed by atoms with E-state index in [0.717, 1.165) is 43.2 Å². The van der Waals surface area contributed by atoms with E-state index in [9.17, 15) is 9.59 Å². The van der Waals surface area contributed by atoms with E-state index in [4.69, 9.17) is 9.84 Å². The van der Waals surface area contributed by atoms with Crippen LogP contribution in [0.1, 0.15) is 44.6 Å². The third-order valence-corrected chi connectivity index (χ3v) is 6.74. The first-order valence-electron chi connectivity index (χ1n) is 11.0. The Morgan fingerprint density at radius 3 is 2.70 bits per heavy atom. The van der Waals surface area contributed by atoms with Crippen molar-refractivity contribution < 1.29 is 14.6 Å². The van der Waals surface area contributed by atoms with Gasteiger partial charge in [0.05, 0.1) is 16.4 Å². The third kappa shape index (κ3) is 4.37. The SMILES string of the molecule is O=C(O)OC1CCCN1c1ccc(Nc2ncc3cc(Br)c(=O)n(C4CCCC4)c3n2)nc1. The van der Waals surface area contributed by atoms with Crippen molar-refractivity contribution >= 4 is 50.6 Å². The number of nitrogens with zero attached hydrogens (tertiary/aromatic N) is 5. The molecule has 1 saturated heterocycles. The van der Waals surface area contributed by atoms with E-state index in [-0.39, 0.29) is 11.6 Å². The van der Waals surface area contributed by atoms with Gasteiger partial charge in [-0.2, -0.15) is 4.98 Å². The van der Waals surface area contributed by atoms with Crippen LogP contribution >= 0.6 is 15.9 Å². The van der Waals surface area contributed by atoms with Crippen molar-refractivity contribution in [2.75, 3.05) is 16.8 Å². The maximum atomic E-state index is 12.9. The first-order chi connectivity index (χ1) is 16.0. The van der Waals surface area contributed by atoms with E-state index in [1.165, 1.54) is 0 Å². The molecule has 2 fully saturated rings. The smallest absolute Gasteiger partial charge is 0.450 e. The molecule has 1 aliphatic heterocycles. The monoisotopic (exact) mass is 514 g/mol. The molecule has 2 aliphatic rings. The second-order valence-electron chi connectivity index (χ2n) is 8.28. The van der Waals surface area contributed by atoms with Crippen LogP contribution < -0.4 is 15.8 Å². The number of pyridine rings is 2. The predicted octanol–water partition coefficient (Wildman–Crippen LogP) is 4.43. The highest BCUT2D eigenvalue weighted by Gasteiger charge is 2.28. The van der Waals surface area contributed by atoms with Gasteiger partial charge in [0, 0.05) is 30.6 Å². The Morgan fingerprint density at radius 1 is 1.15 bits per heavy atom. The molecule has 1 unspecified atom stereocenters. The Kier molecular flexibility index (Phi) is 5.88. The summed E-state index contributed by atoms with van der Waals surface area (Å²) in [4.78, 5) is 39.1. The van der Waals surface area contributed by atoms with Crippen LogP contribution in [0.2, 0.25) is 0 Å². The summed E-state index contributed by atoms with van der Waals surface area (Å²) < 4.78 is 7.26. The van der Waals surface area contributed by atoms with E-state index in [1.807, 2.05) is 11.0 Å². The fourth-order valence-electron chi connectivity index (χ4n) is 4.66. The molecule has 33 heavy (non-hydrogen) atoms. The Morgan fingerprint density at radius 2 is 1.97 bits per heavy atom. The minimum Gasteiger partial charge on any atom is -0.450 e. The summed E-state index contributed by atoms with van der Waals surface area (Å²) in [6, 6.07) is 5.53. The van der Waals surface area contributed by atoms with Crippen molar-refractivity contribution in [1.29, 1.82) is 0 Å². The summed E-state index contributed by atoms with van der Waals surface area (Å²) in [5.74, 6) is 0.893. The fraction of sp³-hybridized carbons (Fsp3) is 0.409. The number of aromatic nitrogens is 4. The molecule has 1 saturated carbocycles. The zero-order valence-electron chi connectivity index (χ0n) is 17.8. The molecule has 3 aromatic rings. The molecule has 11 heteroatoms. The number of hydrogen-bond acceptors (Lipinski definition) is 8. The molecule has 5 rings (SSSR count). The van der Waals surface area contributed by atoms with Crippen molar-refractivity contribution in [3.05, 3.63) is 45.4 Å². The lowest BCUT2D eigenvalue weighted by molar-refractivity contribution is 0.0558. The molecule has 1 aliphatic carbocycles. The summed E-state index contributed by atoms with van der Waals surface area (Å²) in [7, 11) is 0. The van der Waals surface area contributed by atoms with Crippen LogP contribution in [0.4, 0.5) is 22.2 Å². The van der Waals surface area contributed by atoms with Crippen molar-refractivity contribution in [1.82, 2.24) is 19.5 Å². The normalized spacial score (nSPS) is 18.7. The molecule has 0 bridgehead atoms. The molecule has 0 amide bonds. The van der Waals surface area contributed by atoms with Gasteiger partial charge in [-0.25, -0.2) is 14.8 Å². The van der Waals surface area contributed by atoms with Gasteiger partial charge in [-0.1, -0.05) is 12.8 Å². The van der Waals surface area contributed by atoms with Gasteiger partial charge >= 0.3 is 6.16 Å². The Balaban J connectivity index is 1.40. The molecular formula is C22H23BrN6O4. The van der Waals surface area contributed by atoms with Crippen LogP contribution in [0.3, 0.4) is 0 Å². The minimum atomic E-state index is -1.28. The molecule has 4 heterocycles. The third-order valence-electron chi connectivity index (χ3n) is 6.17. The number of nitrogens with one attached hydrogen (secondary N) is 1. The van der Waals surface area contributed by atoms with Gasteiger partial charge in [0.25, 0.3) is 5.56 Å². The lowest BCUT2D eigenvalue weighted by Gasteiger charge is -2.25. The largest absolute Gasteiger partial charge is 0.507 e. The number of rotatable bonds is 5. The zero-order chi connectivity index (χ0) is 22.9. The second kappa shape index (κ2) is 8.97. The lowest BCUT2D eigenvalue weighted by Crippen LogP contribution is -2.33. The molecule has 172 valence electrons. The Hall–Kier alpha value is -3.21. The molecule has 0 spiro atoms. The van der Waals surface area contributed by atoms with E-state index in [0.29, 0.717) is 34.9 Å². The maximum Gasteiger partial charge on any atom is 0.507 e. The zero-order valence-corrected chi connectivity index (χ0v) is 19.4. The summed E-state index contributed by atoms with van der Waals surface area (Å²) >= 11 is 3.38. The van der Waals surface area contributed by atoms with Crippen molar-refractivity contribution in [3.8, 4) is 0 Å². The standard InChI is InChI=1S/C22H23BrN6O4/c23-16-10-13-11-25-21(27-19(13)29(20(16)30)14-4-1-2-5-14)26-17-8-7-15(12-24-17)28-9-3-6-18(28)33-22(31)32/h7-8,10-12,14,18H,1-6,9H2,(H,31,32)(H,24,25,26,27). The summed E-state index contributed by atoms with van der Waals surface area (Å²) in [6.45, 7) is 0.703. The van der Waals surface area contributed by atoms with E-state index < -0.39 is 12.4 Å². The lowest BCUT2D eigenvalue weighted by atomic mass is 10.2. The highest BCUT2D eigenvalue weighted by Crippen LogP contribution is 2.31. The van der Waals surface area contributed by atoms with E-state index in [1.54, 1.807) is 29.1 Å². The van der Waals surface area contributed by atoms with Gasteiger partial charge < -0.3 is 20.1 Å². The number of ether oxygens (including phenoxy) is 1. The molecule has 1 atom stereocenters. The summed E-state index contributed by atoms with van der Waals surface area (Å²) in [6.07, 6.45) is 7.21. The molecule has 2 N–H and O–H groups in total. The van der Waals surface area contributed by atoms with Crippen molar-refractivity contribution in [2.24, 2.45) is 0 Å². The maximum absolute atomic E-state index is 12.9. The highest BCUT2D eigenvalue weighted by molar-refractivity contribution is 9.10. The van der Waals surface area contributed by atoms with E-state index >= 15 is 0 Å². The van der Waals surface area contributed by atoms with Crippen LogP contribution in [0.5, 0.6) is 0 Å². The van der Waals surface area contributed by atoms with Gasteiger partial charge in [0.1, 0.15) is 11.5 Å². The first-order valence-corrected chi connectivity index (χ1v) is 11.8. The van der Waals surface area contributed by atoms with Crippen molar-refractivity contribution in [2.45, 2.75) is 50.8 Å². The fourth-order valence-corrected chi connectivity index (χ4v) is 5.10. The quantitative estimate of drug-likeness (QED) is 0.475. The topological polar surface area (TPSA) is 122 Å². The molecule has 3 aromatic heterocycles. The van der Waals surface area contributed by atoms with Gasteiger partial charge in [-0.3, -0.25) is 9.36 Å². The number of anilines is 3. The second-order valence-corrected chi connectivity index (χ2v) is 9.13. The van der Waals surface area contributed by atoms with Gasteiger partial charge in [0.2, 0.25) is 5.95 Å². The molecule has 10 nitrogen and oxygen atoms in total. The average Bonchev–Trinajstić information content (AvgIpc) is 3.48. The number of carbonyl (C=O) groups is 1. The Labute approximate surface area is 197 Å². The summed E-state index contributed by atoms with van der Waals surface area (Å²) in [5, 5.41) is 12.8. The van der Waals surface area contributed by atoms with Gasteiger partial charge in [-0.05, 0) is 53.4 Å². The van der Waals surface area contributed by atoms with E-state index in [2.05, 4.69) is 36.2 Å². The Bertz CT molecular complexity index is 1240. The number of hydrogen-bond donors (Lipinski definition) is 2.